The number of anilines is 2. The first kappa shape index (κ1) is 16.7. The fourth-order valence-electron chi connectivity index (χ4n) is 2.13. The van der Waals surface area contributed by atoms with Crippen molar-refractivity contribution in [1.82, 2.24) is 9.97 Å². The van der Waals surface area contributed by atoms with Crippen LogP contribution in [-0.4, -0.2) is 29.7 Å². The van der Waals surface area contributed by atoms with Crippen molar-refractivity contribution in [3.8, 4) is 0 Å². The van der Waals surface area contributed by atoms with Crippen molar-refractivity contribution in [2.24, 2.45) is 5.92 Å². The van der Waals surface area contributed by atoms with Crippen LogP contribution in [0.2, 0.25) is 0 Å². The number of nitrogens with one attached hydrogen (secondary N) is 2. The van der Waals surface area contributed by atoms with E-state index >= 15 is 0 Å². The number of ether oxygens (including phenoxy) is 1. The third-order valence-corrected chi connectivity index (χ3v) is 2.82. The van der Waals surface area contributed by atoms with E-state index in [1.54, 1.807) is 7.11 Å². The summed E-state index contributed by atoms with van der Waals surface area (Å²) in [4.78, 5) is 8.93. The fourth-order valence-corrected chi connectivity index (χ4v) is 2.13. The minimum Gasteiger partial charge on any atom is -0.377 e. The van der Waals surface area contributed by atoms with E-state index in [-0.39, 0.29) is 0 Å². The zero-order chi connectivity index (χ0) is 15.0. The first-order valence-corrected chi connectivity index (χ1v) is 7.42. The smallest absolute Gasteiger partial charge is 0.158 e. The van der Waals surface area contributed by atoms with E-state index in [9.17, 15) is 0 Å². The number of methoxy groups -OCH3 is 1. The summed E-state index contributed by atoms with van der Waals surface area (Å²) in [5.74, 6) is 3.08. The van der Waals surface area contributed by atoms with Gasteiger partial charge in [-0.2, -0.15) is 0 Å². The maximum Gasteiger partial charge on any atom is 0.158 e. The minimum absolute atomic E-state index is 0.388. The maximum absolute atomic E-state index is 5.13. The molecule has 2 N–H and O–H groups in total. The Bertz CT molecular complexity index is 395. The van der Waals surface area contributed by atoms with Gasteiger partial charge in [-0.1, -0.05) is 20.8 Å². The number of rotatable bonds is 9. The molecule has 0 saturated carbocycles. The van der Waals surface area contributed by atoms with Crippen LogP contribution in [0.15, 0.2) is 6.07 Å². The highest BCUT2D eigenvalue weighted by molar-refractivity contribution is 5.48. The molecule has 114 valence electrons. The topological polar surface area (TPSA) is 59.1 Å². The SMILES string of the molecule is CCCNc1cc(NC(C)CC(C)C)nc(COC)n1. The van der Waals surface area contributed by atoms with Gasteiger partial charge >= 0.3 is 0 Å². The molecule has 0 amide bonds. The molecule has 0 aromatic carbocycles. The van der Waals surface area contributed by atoms with Gasteiger partial charge in [-0.15, -0.1) is 0 Å². The molecule has 0 fully saturated rings. The molecule has 0 radical (unpaired) electrons. The lowest BCUT2D eigenvalue weighted by molar-refractivity contribution is 0.178. The molecular weight excluding hydrogens is 252 g/mol. The molecule has 1 aromatic rings. The van der Waals surface area contributed by atoms with Crippen LogP contribution < -0.4 is 10.6 Å². The summed E-state index contributed by atoms with van der Waals surface area (Å²) < 4.78 is 5.13. The maximum atomic E-state index is 5.13. The molecule has 0 saturated heterocycles. The molecule has 0 aliphatic heterocycles. The lowest BCUT2D eigenvalue weighted by Gasteiger charge is -2.17. The zero-order valence-electron chi connectivity index (χ0n) is 13.4. The second-order valence-corrected chi connectivity index (χ2v) is 5.59. The van der Waals surface area contributed by atoms with Gasteiger partial charge in [0.2, 0.25) is 0 Å². The summed E-state index contributed by atoms with van der Waals surface area (Å²) in [6, 6.07) is 2.35. The standard InChI is InChI=1S/C15H28N4O/c1-6-7-16-13-9-14(17-12(4)8-11(2)3)19-15(18-13)10-20-5/h9,11-12H,6-8,10H2,1-5H3,(H2,16,17,18,19). The Kier molecular flexibility index (Phi) is 7.30. The van der Waals surface area contributed by atoms with E-state index in [2.05, 4.69) is 48.3 Å². The highest BCUT2D eigenvalue weighted by atomic mass is 16.5. The number of nitrogens with zero attached hydrogens (tertiary/aromatic N) is 2. The molecule has 0 aliphatic rings. The van der Waals surface area contributed by atoms with Gasteiger partial charge in [0.15, 0.2) is 5.82 Å². The number of hydrogen-bond donors (Lipinski definition) is 2. The Morgan fingerprint density at radius 3 is 2.50 bits per heavy atom. The summed E-state index contributed by atoms with van der Waals surface area (Å²) >= 11 is 0. The Balaban J connectivity index is 2.79. The van der Waals surface area contributed by atoms with E-state index in [0.29, 0.717) is 24.4 Å². The zero-order valence-corrected chi connectivity index (χ0v) is 13.4. The van der Waals surface area contributed by atoms with Gasteiger partial charge in [0.05, 0.1) is 0 Å². The van der Waals surface area contributed by atoms with Crippen LogP contribution in [0.25, 0.3) is 0 Å². The second kappa shape index (κ2) is 8.74. The summed E-state index contributed by atoms with van der Waals surface area (Å²) in [5.41, 5.74) is 0. The van der Waals surface area contributed by atoms with Crippen LogP contribution >= 0.6 is 0 Å². The lowest BCUT2D eigenvalue weighted by Crippen LogP contribution is -2.19. The average Bonchev–Trinajstić information content (AvgIpc) is 2.35. The predicted molar refractivity (Wildman–Crippen MR) is 84.1 cm³/mol. The number of aromatic nitrogens is 2. The summed E-state index contributed by atoms with van der Waals surface area (Å²) in [5, 5.41) is 6.74. The molecule has 1 atom stereocenters. The van der Waals surface area contributed by atoms with Crippen LogP contribution in [0.1, 0.15) is 46.4 Å². The minimum atomic E-state index is 0.388. The van der Waals surface area contributed by atoms with Crippen molar-refractivity contribution in [1.29, 1.82) is 0 Å². The van der Waals surface area contributed by atoms with Crippen LogP contribution in [0.4, 0.5) is 11.6 Å². The van der Waals surface area contributed by atoms with E-state index in [4.69, 9.17) is 4.74 Å². The normalized spacial score (nSPS) is 12.5. The molecule has 0 bridgehead atoms. The van der Waals surface area contributed by atoms with Crippen molar-refractivity contribution in [3.63, 3.8) is 0 Å². The molecule has 20 heavy (non-hydrogen) atoms. The van der Waals surface area contributed by atoms with Gasteiger partial charge in [0.25, 0.3) is 0 Å². The predicted octanol–water partition coefficient (Wildman–Crippen LogP) is 3.29. The van der Waals surface area contributed by atoms with Crippen LogP contribution in [0.3, 0.4) is 0 Å². The monoisotopic (exact) mass is 280 g/mol. The average molecular weight is 280 g/mol. The molecular formula is C15H28N4O. The van der Waals surface area contributed by atoms with E-state index in [1.807, 2.05) is 6.07 Å². The summed E-state index contributed by atoms with van der Waals surface area (Å²) in [7, 11) is 1.66. The van der Waals surface area contributed by atoms with Crippen LogP contribution in [0.5, 0.6) is 0 Å². The summed E-state index contributed by atoms with van der Waals surface area (Å²) in [6.45, 7) is 10.1. The Morgan fingerprint density at radius 2 is 1.90 bits per heavy atom. The van der Waals surface area contributed by atoms with Gasteiger partial charge in [0.1, 0.15) is 18.2 Å². The van der Waals surface area contributed by atoms with Gasteiger partial charge < -0.3 is 15.4 Å². The van der Waals surface area contributed by atoms with Crippen molar-refractivity contribution >= 4 is 11.6 Å². The second-order valence-electron chi connectivity index (χ2n) is 5.59. The highest BCUT2D eigenvalue weighted by Gasteiger charge is 2.09. The molecule has 1 unspecified atom stereocenters. The first-order chi connectivity index (χ1) is 9.55. The third kappa shape index (κ3) is 6.19. The molecule has 0 aliphatic carbocycles. The van der Waals surface area contributed by atoms with Crippen molar-refractivity contribution < 1.29 is 4.74 Å². The Morgan fingerprint density at radius 1 is 1.20 bits per heavy atom. The van der Waals surface area contributed by atoms with Crippen molar-refractivity contribution in [3.05, 3.63) is 11.9 Å². The molecule has 1 heterocycles. The Labute approximate surface area is 122 Å². The van der Waals surface area contributed by atoms with E-state index in [1.165, 1.54) is 0 Å². The molecule has 1 aromatic heterocycles. The van der Waals surface area contributed by atoms with Crippen molar-refractivity contribution in [2.75, 3.05) is 24.3 Å². The lowest BCUT2D eigenvalue weighted by atomic mass is 10.1. The van der Waals surface area contributed by atoms with Crippen LogP contribution in [0, 0.1) is 5.92 Å². The quantitative estimate of drug-likeness (QED) is 0.727. The highest BCUT2D eigenvalue weighted by Crippen LogP contribution is 2.15. The van der Waals surface area contributed by atoms with Crippen LogP contribution in [-0.2, 0) is 11.3 Å². The third-order valence-electron chi connectivity index (χ3n) is 2.82. The van der Waals surface area contributed by atoms with E-state index in [0.717, 1.165) is 31.0 Å². The molecule has 0 spiro atoms. The van der Waals surface area contributed by atoms with Gasteiger partial charge in [0, 0.05) is 25.8 Å². The summed E-state index contributed by atoms with van der Waals surface area (Å²) in [6.07, 6.45) is 2.18. The largest absolute Gasteiger partial charge is 0.377 e. The van der Waals surface area contributed by atoms with E-state index < -0.39 is 0 Å². The first-order valence-electron chi connectivity index (χ1n) is 7.42. The molecule has 5 heteroatoms. The van der Waals surface area contributed by atoms with Gasteiger partial charge in [-0.05, 0) is 25.7 Å². The number of hydrogen-bond acceptors (Lipinski definition) is 5. The van der Waals surface area contributed by atoms with Crippen molar-refractivity contribution in [2.45, 2.75) is 53.2 Å². The molecule has 5 nitrogen and oxygen atoms in total. The van der Waals surface area contributed by atoms with Gasteiger partial charge in [-0.3, -0.25) is 0 Å². The van der Waals surface area contributed by atoms with Gasteiger partial charge in [-0.25, -0.2) is 9.97 Å². The molecule has 1 rings (SSSR count). The Hall–Kier alpha value is -1.36. The fraction of sp³-hybridized carbons (Fsp3) is 0.733.